The van der Waals surface area contributed by atoms with Gasteiger partial charge in [-0.05, 0) is 18.1 Å². The summed E-state index contributed by atoms with van der Waals surface area (Å²) >= 11 is 0. The molecule has 0 aliphatic heterocycles. The second-order valence-electron chi connectivity index (χ2n) is 3.82. The van der Waals surface area contributed by atoms with E-state index in [9.17, 15) is 9.18 Å². The minimum atomic E-state index is -0.306. The van der Waals surface area contributed by atoms with E-state index in [0.29, 0.717) is 18.5 Å². The van der Waals surface area contributed by atoms with Gasteiger partial charge in [-0.15, -0.1) is 5.10 Å². The Kier molecular flexibility index (Phi) is 3.66. The molecule has 1 amide bonds. The number of aromatic nitrogens is 3. The van der Waals surface area contributed by atoms with Crippen LogP contribution in [0.25, 0.3) is 0 Å². The predicted molar refractivity (Wildman–Crippen MR) is 63.4 cm³/mol. The molecule has 0 spiro atoms. The molecule has 6 heteroatoms. The summed E-state index contributed by atoms with van der Waals surface area (Å²) in [5.74, 6) is -0.564. The fourth-order valence-electron chi connectivity index (χ4n) is 1.55. The number of nitrogens with one attached hydrogen (secondary N) is 1. The maximum atomic E-state index is 13.3. The summed E-state index contributed by atoms with van der Waals surface area (Å²) < 4.78 is 13.3. The van der Waals surface area contributed by atoms with Crippen molar-refractivity contribution >= 4 is 5.91 Å². The molecule has 5 nitrogen and oxygen atoms in total. The molecule has 0 atom stereocenters. The van der Waals surface area contributed by atoms with E-state index >= 15 is 0 Å². The zero-order valence-corrected chi connectivity index (χ0v) is 9.93. The fraction of sp³-hybridized carbons (Fsp3) is 0.250. The van der Waals surface area contributed by atoms with Gasteiger partial charge >= 0.3 is 0 Å². The normalized spacial score (nSPS) is 10.3. The van der Waals surface area contributed by atoms with Gasteiger partial charge in [-0.3, -0.25) is 4.79 Å². The molecule has 1 aromatic carbocycles. The average molecular weight is 248 g/mol. The van der Waals surface area contributed by atoms with Gasteiger partial charge < -0.3 is 5.32 Å². The Morgan fingerprint density at radius 3 is 2.89 bits per heavy atom. The first-order chi connectivity index (χ1) is 8.66. The maximum absolute atomic E-state index is 13.3. The largest absolute Gasteiger partial charge is 0.350 e. The summed E-state index contributed by atoms with van der Waals surface area (Å²) in [5, 5.41) is 10.3. The van der Waals surface area contributed by atoms with E-state index in [1.54, 1.807) is 25.2 Å². The van der Waals surface area contributed by atoms with Gasteiger partial charge in [0.2, 0.25) is 0 Å². The fourth-order valence-corrected chi connectivity index (χ4v) is 1.55. The van der Waals surface area contributed by atoms with Gasteiger partial charge in [0, 0.05) is 13.6 Å². The number of hydrogen-bond donors (Lipinski definition) is 1. The van der Waals surface area contributed by atoms with Crippen LogP contribution in [0.4, 0.5) is 4.39 Å². The molecule has 2 rings (SSSR count). The standard InChI is InChI=1S/C12H13FN4O/c1-17-15-8-11(16-17)12(18)14-7-6-9-4-2-3-5-10(9)13/h2-5,8H,6-7H2,1H3,(H,14,18). The van der Waals surface area contributed by atoms with Crippen molar-refractivity contribution in [1.29, 1.82) is 0 Å². The highest BCUT2D eigenvalue weighted by Crippen LogP contribution is 2.06. The topological polar surface area (TPSA) is 59.8 Å². The first-order valence-electron chi connectivity index (χ1n) is 5.55. The number of amides is 1. The molecule has 2 aromatic rings. The lowest BCUT2D eigenvalue weighted by Crippen LogP contribution is -2.26. The van der Waals surface area contributed by atoms with Gasteiger partial charge in [0.25, 0.3) is 5.91 Å². The van der Waals surface area contributed by atoms with Gasteiger partial charge in [0.15, 0.2) is 5.69 Å². The number of aryl methyl sites for hydroxylation is 1. The van der Waals surface area contributed by atoms with Crippen LogP contribution in [0.15, 0.2) is 30.5 Å². The van der Waals surface area contributed by atoms with Crippen LogP contribution in [0.3, 0.4) is 0 Å². The Labute approximate surface area is 104 Å². The van der Waals surface area contributed by atoms with Crippen LogP contribution in [-0.4, -0.2) is 27.4 Å². The van der Waals surface area contributed by atoms with Crippen molar-refractivity contribution in [1.82, 2.24) is 20.3 Å². The van der Waals surface area contributed by atoms with Gasteiger partial charge in [-0.1, -0.05) is 18.2 Å². The number of rotatable bonds is 4. The van der Waals surface area contributed by atoms with E-state index in [2.05, 4.69) is 15.5 Å². The average Bonchev–Trinajstić information content (AvgIpc) is 2.78. The second kappa shape index (κ2) is 5.39. The molecular weight excluding hydrogens is 235 g/mol. The Bertz CT molecular complexity index is 553. The molecule has 18 heavy (non-hydrogen) atoms. The van der Waals surface area contributed by atoms with Crippen molar-refractivity contribution in [3.05, 3.63) is 47.5 Å². The van der Waals surface area contributed by atoms with E-state index < -0.39 is 0 Å². The number of nitrogens with zero attached hydrogens (tertiary/aromatic N) is 3. The predicted octanol–water partition coefficient (Wildman–Crippen LogP) is 0.927. The van der Waals surface area contributed by atoms with Crippen LogP contribution < -0.4 is 5.32 Å². The third-order valence-corrected chi connectivity index (χ3v) is 2.47. The zero-order valence-electron chi connectivity index (χ0n) is 9.93. The van der Waals surface area contributed by atoms with Crippen molar-refractivity contribution in [3.63, 3.8) is 0 Å². The smallest absolute Gasteiger partial charge is 0.273 e. The quantitative estimate of drug-likeness (QED) is 0.875. The Hall–Kier alpha value is -2.24. The SMILES string of the molecule is Cn1ncc(C(=O)NCCc2ccccc2F)n1. The van der Waals surface area contributed by atoms with Crippen LogP contribution in [0.1, 0.15) is 16.1 Å². The van der Waals surface area contributed by atoms with E-state index in [-0.39, 0.29) is 17.4 Å². The third-order valence-electron chi connectivity index (χ3n) is 2.47. The molecule has 0 unspecified atom stereocenters. The molecule has 0 saturated carbocycles. The molecule has 0 fully saturated rings. The van der Waals surface area contributed by atoms with Crippen LogP contribution in [0.2, 0.25) is 0 Å². The van der Waals surface area contributed by atoms with Gasteiger partial charge in [0.05, 0.1) is 6.20 Å². The Morgan fingerprint density at radius 1 is 1.44 bits per heavy atom. The summed E-state index contributed by atoms with van der Waals surface area (Å²) in [7, 11) is 1.64. The van der Waals surface area contributed by atoms with Crippen molar-refractivity contribution in [2.75, 3.05) is 6.54 Å². The highest BCUT2D eigenvalue weighted by atomic mass is 19.1. The first kappa shape index (κ1) is 12.2. The number of carbonyl (C=O) groups excluding carboxylic acids is 1. The lowest BCUT2D eigenvalue weighted by atomic mass is 10.1. The molecule has 1 heterocycles. The van der Waals surface area contributed by atoms with E-state index in [1.807, 2.05) is 0 Å². The van der Waals surface area contributed by atoms with Crippen LogP contribution in [0.5, 0.6) is 0 Å². The second-order valence-corrected chi connectivity index (χ2v) is 3.82. The van der Waals surface area contributed by atoms with E-state index in [0.717, 1.165) is 0 Å². The van der Waals surface area contributed by atoms with Gasteiger partial charge in [-0.25, -0.2) is 4.39 Å². The van der Waals surface area contributed by atoms with Crippen molar-refractivity contribution in [2.45, 2.75) is 6.42 Å². The third kappa shape index (κ3) is 2.91. The first-order valence-corrected chi connectivity index (χ1v) is 5.55. The van der Waals surface area contributed by atoms with Crippen molar-refractivity contribution < 1.29 is 9.18 Å². The monoisotopic (exact) mass is 248 g/mol. The maximum Gasteiger partial charge on any atom is 0.273 e. The zero-order chi connectivity index (χ0) is 13.0. The summed E-state index contributed by atoms with van der Waals surface area (Å²) in [5.41, 5.74) is 0.836. The van der Waals surface area contributed by atoms with Gasteiger partial charge in [0.1, 0.15) is 5.82 Å². The Balaban J connectivity index is 1.86. The molecular formula is C12H13FN4O. The molecule has 1 N–H and O–H groups in total. The molecule has 0 saturated heterocycles. The highest BCUT2D eigenvalue weighted by Gasteiger charge is 2.09. The number of halogens is 1. The molecule has 1 aromatic heterocycles. The highest BCUT2D eigenvalue weighted by molar-refractivity contribution is 5.91. The lowest BCUT2D eigenvalue weighted by molar-refractivity contribution is 0.0948. The summed E-state index contributed by atoms with van der Waals surface area (Å²) in [6, 6.07) is 6.50. The Morgan fingerprint density at radius 2 is 2.22 bits per heavy atom. The van der Waals surface area contributed by atoms with Crippen molar-refractivity contribution in [3.8, 4) is 0 Å². The number of benzene rings is 1. The minimum absolute atomic E-state index is 0.256. The van der Waals surface area contributed by atoms with Crippen LogP contribution >= 0.6 is 0 Å². The van der Waals surface area contributed by atoms with Gasteiger partial charge in [-0.2, -0.15) is 9.90 Å². The summed E-state index contributed by atoms with van der Waals surface area (Å²) in [6.07, 6.45) is 1.83. The van der Waals surface area contributed by atoms with Crippen LogP contribution in [0, 0.1) is 5.82 Å². The van der Waals surface area contributed by atoms with Crippen molar-refractivity contribution in [2.24, 2.45) is 7.05 Å². The minimum Gasteiger partial charge on any atom is -0.350 e. The molecule has 0 aliphatic rings. The van der Waals surface area contributed by atoms with E-state index in [4.69, 9.17) is 0 Å². The number of carbonyl (C=O) groups is 1. The van der Waals surface area contributed by atoms with Crippen LogP contribution in [-0.2, 0) is 13.5 Å². The lowest BCUT2D eigenvalue weighted by Gasteiger charge is -2.04. The van der Waals surface area contributed by atoms with E-state index in [1.165, 1.54) is 17.1 Å². The molecule has 0 bridgehead atoms. The summed E-state index contributed by atoms with van der Waals surface area (Å²) in [4.78, 5) is 12.9. The molecule has 0 aliphatic carbocycles. The summed E-state index contributed by atoms with van der Waals surface area (Å²) in [6.45, 7) is 0.357. The molecule has 94 valence electrons. The number of hydrogen-bond acceptors (Lipinski definition) is 3. The molecule has 0 radical (unpaired) electrons.